The summed E-state index contributed by atoms with van der Waals surface area (Å²) in [7, 11) is 0. The van der Waals surface area contributed by atoms with E-state index in [4.69, 9.17) is 4.74 Å². The zero-order valence-corrected chi connectivity index (χ0v) is 15.8. The fourth-order valence-electron chi connectivity index (χ4n) is 2.65. The summed E-state index contributed by atoms with van der Waals surface area (Å²) in [6, 6.07) is 3.20. The molecule has 2 rings (SSSR count). The van der Waals surface area contributed by atoms with Crippen molar-refractivity contribution in [1.82, 2.24) is 15.2 Å². The maximum absolute atomic E-state index is 12.1. The number of aromatic nitrogens is 1. The van der Waals surface area contributed by atoms with Crippen LogP contribution in [-0.4, -0.2) is 35.1 Å². The fraction of sp³-hybridized carbons (Fsp3) is 0.474. The predicted octanol–water partition coefficient (Wildman–Crippen LogP) is 1.95. The molecule has 1 saturated carbocycles. The van der Waals surface area contributed by atoms with Crippen LogP contribution in [0.2, 0.25) is 0 Å². The number of nitriles is 1. The third-order valence-corrected chi connectivity index (χ3v) is 4.20. The van der Waals surface area contributed by atoms with Gasteiger partial charge in [0.05, 0.1) is 0 Å². The normalized spacial score (nSPS) is 13.6. The third kappa shape index (κ3) is 5.71. The van der Waals surface area contributed by atoms with E-state index in [0.717, 1.165) is 42.8 Å². The molecule has 1 fully saturated rings. The minimum Gasteiger partial charge on any atom is -0.451 e. The molecule has 2 N–H and O–H groups in total. The molecule has 8 heteroatoms. The number of carbonyl (C=O) groups is 3. The molecule has 1 heterocycles. The number of hydrogen-bond acceptors (Lipinski definition) is 5. The van der Waals surface area contributed by atoms with Crippen molar-refractivity contribution in [3.05, 3.63) is 28.6 Å². The van der Waals surface area contributed by atoms with E-state index in [1.807, 2.05) is 19.9 Å². The molecule has 3 amide bonds. The highest BCUT2D eigenvalue weighted by atomic mass is 16.5. The zero-order valence-electron chi connectivity index (χ0n) is 15.8. The van der Waals surface area contributed by atoms with E-state index in [0.29, 0.717) is 0 Å². The van der Waals surface area contributed by atoms with E-state index in [9.17, 15) is 19.6 Å². The summed E-state index contributed by atoms with van der Waals surface area (Å²) >= 11 is 0. The maximum Gasteiger partial charge on any atom is 0.349 e. The highest BCUT2D eigenvalue weighted by Crippen LogP contribution is 2.19. The number of esters is 1. The van der Waals surface area contributed by atoms with Gasteiger partial charge in [0.25, 0.3) is 5.91 Å². The van der Waals surface area contributed by atoms with E-state index in [2.05, 4.69) is 22.1 Å². The first kappa shape index (κ1) is 20.2. The second kappa shape index (κ2) is 9.03. The van der Waals surface area contributed by atoms with E-state index in [1.54, 1.807) is 6.07 Å². The Kier molecular flexibility index (Phi) is 6.77. The summed E-state index contributed by atoms with van der Waals surface area (Å²) in [6.07, 6.45) is 4.21. The fourth-order valence-corrected chi connectivity index (χ4v) is 2.65. The van der Waals surface area contributed by atoms with Gasteiger partial charge in [-0.2, -0.15) is 5.26 Å². The largest absolute Gasteiger partial charge is 0.451 e. The van der Waals surface area contributed by atoms with Crippen molar-refractivity contribution in [3.8, 4) is 6.07 Å². The first-order chi connectivity index (χ1) is 12.8. The molecular formula is C19H24N4O4. The van der Waals surface area contributed by atoms with Crippen molar-refractivity contribution in [2.75, 3.05) is 6.61 Å². The van der Waals surface area contributed by atoms with E-state index in [-0.39, 0.29) is 11.6 Å². The van der Waals surface area contributed by atoms with Crippen LogP contribution in [0.3, 0.4) is 0 Å². The smallest absolute Gasteiger partial charge is 0.349 e. The SMILES string of the molecule is CCCn1c(C)cc(/C=C(\C#N)C(=O)OCC(=O)NC(=O)NC2CC2)c1C. The number of nitrogens with zero attached hydrogens (tertiary/aromatic N) is 2. The maximum atomic E-state index is 12.1. The summed E-state index contributed by atoms with van der Waals surface area (Å²) in [4.78, 5) is 35.2. The van der Waals surface area contributed by atoms with Gasteiger partial charge in [0, 0.05) is 24.0 Å². The lowest BCUT2D eigenvalue weighted by Gasteiger charge is -2.07. The van der Waals surface area contributed by atoms with Crippen LogP contribution >= 0.6 is 0 Å². The average molecular weight is 372 g/mol. The van der Waals surface area contributed by atoms with Gasteiger partial charge in [-0.1, -0.05) is 6.92 Å². The van der Waals surface area contributed by atoms with Crippen LogP contribution < -0.4 is 10.6 Å². The Morgan fingerprint density at radius 2 is 2.07 bits per heavy atom. The number of imide groups is 1. The molecule has 0 bridgehead atoms. The van der Waals surface area contributed by atoms with Crippen LogP contribution in [0.1, 0.15) is 43.1 Å². The molecule has 1 aliphatic carbocycles. The van der Waals surface area contributed by atoms with Crippen LogP contribution in [0.25, 0.3) is 6.08 Å². The molecule has 0 radical (unpaired) electrons. The summed E-state index contributed by atoms with van der Waals surface area (Å²) in [5.41, 5.74) is 2.53. The third-order valence-electron chi connectivity index (χ3n) is 4.20. The number of nitrogens with one attached hydrogen (secondary N) is 2. The summed E-state index contributed by atoms with van der Waals surface area (Å²) in [6.45, 7) is 6.16. The lowest BCUT2D eigenvalue weighted by atomic mass is 10.1. The van der Waals surface area contributed by atoms with Gasteiger partial charge in [-0.05, 0) is 50.8 Å². The lowest BCUT2D eigenvalue weighted by molar-refractivity contribution is -0.144. The Bertz CT molecular complexity index is 812. The second-order valence-electron chi connectivity index (χ2n) is 6.52. The highest BCUT2D eigenvalue weighted by molar-refractivity contribution is 6.00. The molecule has 0 aromatic carbocycles. The number of ether oxygens (including phenoxy) is 1. The van der Waals surface area contributed by atoms with Gasteiger partial charge in [0.2, 0.25) is 0 Å². The molecule has 1 aliphatic rings. The molecule has 0 unspecified atom stereocenters. The molecule has 1 aromatic heterocycles. The lowest BCUT2D eigenvalue weighted by Crippen LogP contribution is -2.42. The van der Waals surface area contributed by atoms with Gasteiger partial charge in [-0.25, -0.2) is 9.59 Å². The van der Waals surface area contributed by atoms with Crippen LogP contribution in [0, 0.1) is 25.2 Å². The van der Waals surface area contributed by atoms with Crippen molar-refractivity contribution in [2.24, 2.45) is 0 Å². The summed E-state index contributed by atoms with van der Waals surface area (Å²) in [5, 5.41) is 13.9. The number of rotatable bonds is 7. The van der Waals surface area contributed by atoms with E-state index < -0.39 is 24.5 Å². The van der Waals surface area contributed by atoms with Gasteiger partial charge in [-0.15, -0.1) is 0 Å². The number of aryl methyl sites for hydroxylation is 1. The van der Waals surface area contributed by atoms with Crippen LogP contribution in [0.15, 0.2) is 11.6 Å². The summed E-state index contributed by atoms with van der Waals surface area (Å²) in [5.74, 6) is -1.66. The number of carbonyl (C=O) groups excluding carboxylic acids is 3. The first-order valence-corrected chi connectivity index (χ1v) is 8.91. The van der Waals surface area contributed by atoms with Crippen molar-refractivity contribution < 1.29 is 19.1 Å². The van der Waals surface area contributed by atoms with Crippen LogP contribution in [0.5, 0.6) is 0 Å². The monoisotopic (exact) mass is 372 g/mol. The van der Waals surface area contributed by atoms with Crippen LogP contribution in [0.4, 0.5) is 4.79 Å². The Morgan fingerprint density at radius 3 is 2.67 bits per heavy atom. The Labute approximate surface area is 158 Å². The average Bonchev–Trinajstić information content (AvgIpc) is 3.39. The topological polar surface area (TPSA) is 113 Å². The minimum atomic E-state index is -0.907. The number of hydrogen-bond donors (Lipinski definition) is 2. The quantitative estimate of drug-likeness (QED) is 0.431. The molecule has 0 atom stereocenters. The van der Waals surface area contributed by atoms with E-state index >= 15 is 0 Å². The van der Waals surface area contributed by atoms with Gasteiger partial charge >= 0.3 is 12.0 Å². The first-order valence-electron chi connectivity index (χ1n) is 8.91. The minimum absolute atomic E-state index is 0.111. The second-order valence-corrected chi connectivity index (χ2v) is 6.52. The molecular weight excluding hydrogens is 348 g/mol. The van der Waals surface area contributed by atoms with Crippen molar-refractivity contribution >= 4 is 24.0 Å². The van der Waals surface area contributed by atoms with Gasteiger partial charge in [0.1, 0.15) is 11.6 Å². The van der Waals surface area contributed by atoms with Gasteiger partial charge in [0.15, 0.2) is 6.61 Å². The summed E-state index contributed by atoms with van der Waals surface area (Å²) < 4.78 is 6.96. The van der Waals surface area contributed by atoms with Gasteiger partial charge < -0.3 is 14.6 Å². The zero-order chi connectivity index (χ0) is 20.0. The van der Waals surface area contributed by atoms with Crippen molar-refractivity contribution in [3.63, 3.8) is 0 Å². The standard InChI is InChI=1S/C19H24N4O4/c1-4-7-23-12(2)8-14(13(23)3)9-15(10-20)18(25)27-11-17(24)22-19(26)21-16-5-6-16/h8-9,16H,4-7,11H2,1-3H3,(H2,21,22,24,26)/b15-9+. The Balaban J connectivity index is 1.96. The van der Waals surface area contributed by atoms with Gasteiger partial charge in [-0.3, -0.25) is 10.1 Å². The molecule has 0 spiro atoms. The van der Waals surface area contributed by atoms with Crippen LogP contribution in [-0.2, 0) is 20.9 Å². The highest BCUT2D eigenvalue weighted by Gasteiger charge is 2.24. The molecule has 27 heavy (non-hydrogen) atoms. The molecule has 144 valence electrons. The molecule has 8 nitrogen and oxygen atoms in total. The Hall–Kier alpha value is -3.08. The molecule has 0 aliphatic heterocycles. The molecule has 0 saturated heterocycles. The number of amides is 3. The molecule has 1 aromatic rings. The Morgan fingerprint density at radius 1 is 1.37 bits per heavy atom. The van der Waals surface area contributed by atoms with Crippen molar-refractivity contribution in [2.45, 2.75) is 52.6 Å². The van der Waals surface area contributed by atoms with Crippen molar-refractivity contribution in [1.29, 1.82) is 5.26 Å². The number of urea groups is 1. The van der Waals surface area contributed by atoms with E-state index in [1.165, 1.54) is 6.08 Å². The predicted molar refractivity (Wildman–Crippen MR) is 98.4 cm³/mol.